The minimum Gasteiger partial charge on any atom is -0.508 e. The molecule has 1 aromatic rings. The van der Waals surface area contributed by atoms with E-state index >= 15 is 0 Å². The predicted molar refractivity (Wildman–Crippen MR) is 96.6 cm³/mol. The number of phenolic OH excluding ortho intramolecular Hbond substituents is 1. The maximum Gasteiger partial charge on any atom is 0.242 e. The summed E-state index contributed by atoms with van der Waals surface area (Å²) < 4.78 is 0. The number of hydrogen-bond acceptors (Lipinski definition) is 5. The van der Waals surface area contributed by atoms with Gasteiger partial charge in [-0.1, -0.05) is 19.9 Å². The second-order valence-electron chi connectivity index (χ2n) is 4.80. The third kappa shape index (κ3) is 9.91. The summed E-state index contributed by atoms with van der Waals surface area (Å²) in [5.74, 6) is -0.121. The summed E-state index contributed by atoms with van der Waals surface area (Å²) in [6.45, 7) is 5.82. The molecule has 0 spiro atoms. The first-order chi connectivity index (χ1) is 11.9. The summed E-state index contributed by atoms with van der Waals surface area (Å²) >= 11 is 0. The van der Waals surface area contributed by atoms with Crippen LogP contribution < -0.4 is 5.32 Å². The van der Waals surface area contributed by atoms with E-state index in [1.807, 2.05) is 20.8 Å². The van der Waals surface area contributed by atoms with Crippen LogP contribution >= 0.6 is 0 Å². The third-order valence-electron chi connectivity index (χ3n) is 3.15. The molecule has 0 fully saturated rings. The highest BCUT2D eigenvalue weighted by Gasteiger charge is 2.20. The van der Waals surface area contributed by atoms with Crippen molar-refractivity contribution in [2.45, 2.75) is 39.7 Å². The van der Waals surface area contributed by atoms with Crippen LogP contribution in [0.2, 0.25) is 0 Å². The summed E-state index contributed by atoms with van der Waals surface area (Å²) in [4.78, 5) is 43.2. The van der Waals surface area contributed by atoms with Crippen molar-refractivity contribution >= 4 is 24.9 Å². The fourth-order valence-corrected chi connectivity index (χ4v) is 1.74. The number of aryl methyl sites for hydroxylation is 1. The van der Waals surface area contributed by atoms with E-state index in [0.29, 0.717) is 18.4 Å². The number of aromatic hydroxyl groups is 1. The van der Waals surface area contributed by atoms with Crippen LogP contribution in [0, 0.1) is 6.92 Å². The van der Waals surface area contributed by atoms with Crippen molar-refractivity contribution in [2.24, 2.45) is 0 Å². The molecule has 0 heterocycles. The molecule has 0 bridgehead atoms. The predicted octanol–water partition coefficient (Wildman–Crippen LogP) is 1.71. The van der Waals surface area contributed by atoms with Crippen molar-refractivity contribution in [3.05, 3.63) is 29.3 Å². The van der Waals surface area contributed by atoms with Crippen LogP contribution in [0.1, 0.15) is 42.6 Å². The Balaban J connectivity index is 0. The van der Waals surface area contributed by atoms with Crippen LogP contribution in [0.15, 0.2) is 18.2 Å². The number of nitrogens with zero attached hydrogens (tertiary/aromatic N) is 1. The van der Waals surface area contributed by atoms with Gasteiger partial charge in [0.25, 0.3) is 0 Å². The molecule has 2 N–H and O–H groups in total. The lowest BCUT2D eigenvalue weighted by atomic mass is 10.1. The van der Waals surface area contributed by atoms with Gasteiger partial charge in [0.2, 0.25) is 12.3 Å². The summed E-state index contributed by atoms with van der Waals surface area (Å²) in [6, 6.07) is 4.16. The van der Waals surface area contributed by atoms with E-state index in [-0.39, 0.29) is 18.1 Å². The first-order valence-electron chi connectivity index (χ1n) is 7.98. The normalized spacial score (nSPS) is 9.96. The van der Waals surface area contributed by atoms with Crippen molar-refractivity contribution in [1.82, 2.24) is 10.2 Å². The summed E-state index contributed by atoms with van der Waals surface area (Å²) in [5, 5.41) is 11.3. The molecule has 0 aliphatic heterocycles. The molecular weight excluding hydrogens is 324 g/mol. The fourth-order valence-electron chi connectivity index (χ4n) is 1.74. The van der Waals surface area contributed by atoms with E-state index < -0.39 is 6.04 Å². The van der Waals surface area contributed by atoms with Gasteiger partial charge in [0, 0.05) is 26.1 Å². The largest absolute Gasteiger partial charge is 0.508 e. The molecule has 1 rings (SSSR count). The Bertz CT molecular complexity index is 546. The number of phenols is 1. The molecule has 0 radical (unpaired) electrons. The van der Waals surface area contributed by atoms with Gasteiger partial charge >= 0.3 is 0 Å². The highest BCUT2D eigenvalue weighted by atomic mass is 16.3. The Kier molecular flexibility index (Phi) is 14.6. The molecule has 25 heavy (non-hydrogen) atoms. The number of carbonyl (C=O) groups is 4. The van der Waals surface area contributed by atoms with E-state index in [2.05, 4.69) is 5.32 Å². The van der Waals surface area contributed by atoms with E-state index in [1.165, 1.54) is 25.1 Å². The summed E-state index contributed by atoms with van der Waals surface area (Å²) in [6.07, 6.45) is 2.67. The van der Waals surface area contributed by atoms with Gasteiger partial charge in [-0.15, -0.1) is 0 Å². The van der Waals surface area contributed by atoms with Gasteiger partial charge in [-0.25, -0.2) is 0 Å². The van der Waals surface area contributed by atoms with Crippen LogP contribution in [0.5, 0.6) is 5.75 Å². The van der Waals surface area contributed by atoms with E-state index in [9.17, 15) is 19.2 Å². The maximum absolute atomic E-state index is 11.2. The zero-order chi connectivity index (χ0) is 19.8. The van der Waals surface area contributed by atoms with Crippen molar-refractivity contribution in [1.29, 1.82) is 0 Å². The summed E-state index contributed by atoms with van der Waals surface area (Å²) in [5.41, 5.74) is 1.42. The highest BCUT2D eigenvalue weighted by molar-refractivity contribution is 5.83. The molecule has 0 aliphatic rings. The minimum absolute atomic E-state index is 0.132. The monoisotopic (exact) mass is 352 g/mol. The van der Waals surface area contributed by atoms with Gasteiger partial charge in [0.05, 0.1) is 0 Å². The van der Waals surface area contributed by atoms with E-state index in [1.54, 1.807) is 12.1 Å². The Hall–Kier alpha value is -2.70. The zero-order valence-corrected chi connectivity index (χ0v) is 15.5. The van der Waals surface area contributed by atoms with Gasteiger partial charge in [0.1, 0.15) is 24.4 Å². The summed E-state index contributed by atoms with van der Waals surface area (Å²) in [7, 11) is 3.01. The molecule has 0 aliphatic carbocycles. The smallest absolute Gasteiger partial charge is 0.242 e. The van der Waals surface area contributed by atoms with Crippen molar-refractivity contribution in [3.8, 4) is 5.75 Å². The molecule has 1 unspecified atom stereocenters. The fraction of sp³-hybridized carbons (Fsp3) is 0.444. The van der Waals surface area contributed by atoms with Crippen LogP contribution in [0.4, 0.5) is 0 Å². The molecule has 7 heteroatoms. The van der Waals surface area contributed by atoms with Gasteiger partial charge in [-0.3, -0.25) is 14.4 Å². The quantitative estimate of drug-likeness (QED) is 0.727. The topological polar surface area (TPSA) is 104 Å². The van der Waals surface area contributed by atoms with Gasteiger partial charge in [-0.05, 0) is 31.0 Å². The maximum atomic E-state index is 11.2. The number of rotatable bonds is 7. The Morgan fingerprint density at radius 1 is 1.28 bits per heavy atom. The average Bonchev–Trinajstić information content (AvgIpc) is 2.65. The molecule has 7 nitrogen and oxygen atoms in total. The van der Waals surface area contributed by atoms with Crippen LogP contribution in [0.3, 0.4) is 0 Å². The van der Waals surface area contributed by atoms with E-state index in [4.69, 9.17) is 5.11 Å². The van der Waals surface area contributed by atoms with Crippen LogP contribution in [-0.2, 0) is 14.4 Å². The molecule has 0 aromatic heterocycles. The lowest BCUT2D eigenvalue weighted by molar-refractivity contribution is -0.131. The lowest BCUT2D eigenvalue weighted by Crippen LogP contribution is -2.43. The number of benzene rings is 1. The standard InChI is InChI=1S/C8H14N2O3.C8H8O2.C2H6/c1-9-8(13)7(4-3-5-11)10(2)6-12;1-6-2-3-8(10)4-7(6)5-9;1-2/h5-7H,3-4H2,1-2H3,(H,9,13);2-5,10H,1H3;1-2H3. The third-order valence-corrected chi connectivity index (χ3v) is 3.15. The number of carbonyl (C=O) groups excluding carboxylic acids is 4. The first-order valence-corrected chi connectivity index (χ1v) is 7.98. The van der Waals surface area contributed by atoms with Crippen molar-refractivity contribution < 1.29 is 24.3 Å². The molecule has 0 saturated carbocycles. The number of nitrogens with one attached hydrogen (secondary N) is 1. The van der Waals surface area contributed by atoms with Crippen molar-refractivity contribution in [2.75, 3.05) is 14.1 Å². The number of likely N-dealkylation sites (N-methyl/N-ethyl adjacent to an activating group) is 2. The van der Waals surface area contributed by atoms with Gasteiger partial charge in [-0.2, -0.15) is 0 Å². The molecule has 0 saturated heterocycles. The first kappa shape index (κ1) is 24.6. The number of amides is 2. The van der Waals surface area contributed by atoms with Crippen molar-refractivity contribution in [3.63, 3.8) is 0 Å². The molecule has 1 atom stereocenters. The molecule has 2 amide bonds. The minimum atomic E-state index is -0.548. The Morgan fingerprint density at radius 3 is 2.28 bits per heavy atom. The molecular formula is C18H28N2O5. The van der Waals surface area contributed by atoms with Crippen LogP contribution in [-0.4, -0.2) is 55.0 Å². The Morgan fingerprint density at radius 2 is 1.88 bits per heavy atom. The lowest BCUT2D eigenvalue weighted by Gasteiger charge is -2.21. The Labute approximate surface area is 149 Å². The SMILES string of the molecule is CC.CNC(=O)C(CCC=O)N(C)C=O.Cc1ccc(O)cc1C=O. The average molecular weight is 352 g/mol. The molecule has 140 valence electrons. The van der Waals surface area contributed by atoms with Gasteiger partial charge < -0.3 is 20.1 Å². The van der Waals surface area contributed by atoms with E-state index in [0.717, 1.165) is 18.1 Å². The van der Waals surface area contributed by atoms with Crippen LogP contribution in [0.25, 0.3) is 0 Å². The number of aldehydes is 2. The second kappa shape index (κ2) is 14.9. The zero-order valence-electron chi connectivity index (χ0n) is 15.5. The molecule has 1 aromatic carbocycles. The highest BCUT2D eigenvalue weighted by Crippen LogP contribution is 2.13. The van der Waals surface area contributed by atoms with Gasteiger partial charge in [0.15, 0.2) is 0 Å². The number of hydrogen-bond donors (Lipinski definition) is 2. The second-order valence-corrected chi connectivity index (χ2v) is 4.80.